The molecule has 2 rings (SSSR count). The zero-order valence-corrected chi connectivity index (χ0v) is 11.5. The Bertz CT molecular complexity index is 551. The summed E-state index contributed by atoms with van der Waals surface area (Å²) in [5, 5.41) is 0. The largest absolute Gasteiger partial charge is 0.497 e. The van der Waals surface area contributed by atoms with Crippen molar-refractivity contribution in [3.8, 4) is 16.9 Å². The van der Waals surface area contributed by atoms with Gasteiger partial charge in [0, 0.05) is 11.5 Å². The second-order valence-electron chi connectivity index (χ2n) is 4.82. The SMILES string of the molecule is COc1ccc(-c2ccc(C(=O)C(C)C)cc2)cc1. The van der Waals surface area contributed by atoms with E-state index in [1.807, 2.05) is 62.4 Å². The van der Waals surface area contributed by atoms with Crippen LogP contribution < -0.4 is 4.74 Å². The molecule has 0 aliphatic heterocycles. The summed E-state index contributed by atoms with van der Waals surface area (Å²) in [5.74, 6) is 1.06. The fourth-order valence-corrected chi connectivity index (χ4v) is 1.94. The molecule has 2 aromatic rings. The van der Waals surface area contributed by atoms with Crippen molar-refractivity contribution >= 4 is 5.78 Å². The van der Waals surface area contributed by atoms with Crippen molar-refractivity contribution in [3.05, 3.63) is 54.1 Å². The lowest BCUT2D eigenvalue weighted by Gasteiger charge is -2.07. The first-order chi connectivity index (χ1) is 9.11. The Labute approximate surface area is 114 Å². The molecule has 0 radical (unpaired) electrons. The zero-order valence-electron chi connectivity index (χ0n) is 11.5. The summed E-state index contributed by atoms with van der Waals surface area (Å²) < 4.78 is 5.14. The summed E-state index contributed by atoms with van der Waals surface area (Å²) in [6, 6.07) is 15.6. The number of benzene rings is 2. The first-order valence-electron chi connectivity index (χ1n) is 6.40. The summed E-state index contributed by atoms with van der Waals surface area (Å²) in [4.78, 5) is 11.9. The van der Waals surface area contributed by atoms with Crippen LogP contribution in [0.15, 0.2) is 48.5 Å². The van der Waals surface area contributed by atoms with E-state index in [-0.39, 0.29) is 11.7 Å². The summed E-state index contributed by atoms with van der Waals surface area (Å²) >= 11 is 0. The minimum atomic E-state index is 0.0341. The van der Waals surface area contributed by atoms with Crippen LogP contribution in [0.1, 0.15) is 24.2 Å². The second kappa shape index (κ2) is 5.70. The third kappa shape index (κ3) is 3.02. The van der Waals surface area contributed by atoms with Crippen LogP contribution in [-0.4, -0.2) is 12.9 Å². The molecule has 0 aliphatic rings. The molecule has 0 unspecified atom stereocenters. The molecule has 0 bridgehead atoms. The minimum absolute atomic E-state index is 0.0341. The molecule has 19 heavy (non-hydrogen) atoms. The van der Waals surface area contributed by atoms with E-state index in [9.17, 15) is 4.79 Å². The van der Waals surface area contributed by atoms with Crippen LogP contribution in [0.3, 0.4) is 0 Å². The van der Waals surface area contributed by atoms with Crippen LogP contribution in [0, 0.1) is 5.92 Å². The van der Waals surface area contributed by atoms with Gasteiger partial charge in [-0.25, -0.2) is 0 Å². The van der Waals surface area contributed by atoms with Crippen molar-refractivity contribution in [1.82, 2.24) is 0 Å². The molecule has 0 N–H and O–H groups in total. The summed E-state index contributed by atoms with van der Waals surface area (Å²) in [7, 11) is 1.65. The van der Waals surface area contributed by atoms with Gasteiger partial charge in [-0.1, -0.05) is 50.2 Å². The molecule has 0 saturated carbocycles. The molecule has 0 atom stereocenters. The minimum Gasteiger partial charge on any atom is -0.497 e. The molecule has 0 fully saturated rings. The van der Waals surface area contributed by atoms with Crippen molar-refractivity contribution in [2.24, 2.45) is 5.92 Å². The standard InChI is InChI=1S/C17H18O2/c1-12(2)17(18)15-6-4-13(5-7-15)14-8-10-16(19-3)11-9-14/h4-12H,1-3H3. The molecule has 2 heteroatoms. The lowest BCUT2D eigenvalue weighted by Crippen LogP contribution is -2.06. The molecule has 2 aromatic carbocycles. The zero-order chi connectivity index (χ0) is 13.8. The van der Waals surface area contributed by atoms with Crippen LogP contribution in [0.5, 0.6) is 5.75 Å². The number of hydrogen-bond donors (Lipinski definition) is 0. The van der Waals surface area contributed by atoms with Gasteiger partial charge in [-0.2, -0.15) is 0 Å². The average molecular weight is 254 g/mol. The van der Waals surface area contributed by atoms with Crippen molar-refractivity contribution < 1.29 is 9.53 Å². The molecule has 0 aromatic heterocycles. The lowest BCUT2D eigenvalue weighted by atomic mass is 9.98. The Morgan fingerprint density at radius 2 is 1.37 bits per heavy atom. The molecule has 98 valence electrons. The third-order valence-corrected chi connectivity index (χ3v) is 3.12. The molecule has 0 heterocycles. The molecule has 2 nitrogen and oxygen atoms in total. The number of Topliss-reactive ketones (excluding diaryl/α,β-unsaturated/α-hetero) is 1. The maximum atomic E-state index is 11.9. The molecule has 0 amide bonds. The van der Waals surface area contributed by atoms with Gasteiger partial charge in [-0.05, 0) is 23.3 Å². The van der Waals surface area contributed by atoms with E-state index < -0.39 is 0 Å². The maximum Gasteiger partial charge on any atom is 0.165 e. The molecular weight excluding hydrogens is 236 g/mol. The lowest BCUT2D eigenvalue weighted by molar-refractivity contribution is 0.0939. The van der Waals surface area contributed by atoms with Gasteiger partial charge in [0.2, 0.25) is 0 Å². The van der Waals surface area contributed by atoms with E-state index >= 15 is 0 Å². The normalized spacial score (nSPS) is 10.5. The van der Waals surface area contributed by atoms with Gasteiger partial charge in [0.15, 0.2) is 5.78 Å². The number of carbonyl (C=O) groups excluding carboxylic acids is 1. The smallest absolute Gasteiger partial charge is 0.165 e. The van der Waals surface area contributed by atoms with Crippen LogP contribution in [0.4, 0.5) is 0 Å². The van der Waals surface area contributed by atoms with Crippen molar-refractivity contribution in [2.75, 3.05) is 7.11 Å². The maximum absolute atomic E-state index is 11.9. The van der Waals surface area contributed by atoms with Crippen LogP contribution in [0.2, 0.25) is 0 Å². The number of ether oxygens (including phenoxy) is 1. The predicted molar refractivity (Wildman–Crippen MR) is 77.6 cm³/mol. The Morgan fingerprint density at radius 3 is 1.79 bits per heavy atom. The van der Waals surface area contributed by atoms with Crippen LogP contribution >= 0.6 is 0 Å². The van der Waals surface area contributed by atoms with Gasteiger partial charge >= 0.3 is 0 Å². The topological polar surface area (TPSA) is 26.3 Å². The van der Waals surface area contributed by atoms with Crippen LogP contribution in [0.25, 0.3) is 11.1 Å². The van der Waals surface area contributed by atoms with Crippen LogP contribution in [-0.2, 0) is 0 Å². The van der Waals surface area contributed by atoms with Crippen molar-refractivity contribution in [3.63, 3.8) is 0 Å². The quantitative estimate of drug-likeness (QED) is 0.764. The van der Waals surface area contributed by atoms with Gasteiger partial charge in [0.05, 0.1) is 7.11 Å². The van der Waals surface area contributed by atoms with Gasteiger partial charge in [0.25, 0.3) is 0 Å². The monoisotopic (exact) mass is 254 g/mol. The Kier molecular flexibility index (Phi) is 4.00. The van der Waals surface area contributed by atoms with Gasteiger partial charge in [-0.15, -0.1) is 0 Å². The summed E-state index contributed by atoms with van der Waals surface area (Å²) in [6.07, 6.45) is 0. The predicted octanol–water partition coefficient (Wildman–Crippen LogP) is 4.20. The van der Waals surface area contributed by atoms with Crippen molar-refractivity contribution in [2.45, 2.75) is 13.8 Å². The third-order valence-electron chi connectivity index (χ3n) is 3.12. The fraction of sp³-hybridized carbons (Fsp3) is 0.235. The van der Waals surface area contributed by atoms with E-state index in [4.69, 9.17) is 4.74 Å². The average Bonchev–Trinajstić information content (AvgIpc) is 2.46. The van der Waals surface area contributed by atoms with E-state index in [0.717, 1.165) is 22.4 Å². The molecule has 0 saturated heterocycles. The van der Waals surface area contributed by atoms with E-state index in [2.05, 4.69) is 0 Å². The summed E-state index contributed by atoms with van der Waals surface area (Å²) in [5.41, 5.74) is 2.99. The van der Waals surface area contributed by atoms with E-state index in [1.165, 1.54) is 0 Å². The fourth-order valence-electron chi connectivity index (χ4n) is 1.94. The highest BCUT2D eigenvalue weighted by atomic mass is 16.5. The highest BCUT2D eigenvalue weighted by Gasteiger charge is 2.10. The van der Waals surface area contributed by atoms with E-state index in [0.29, 0.717) is 0 Å². The highest BCUT2D eigenvalue weighted by molar-refractivity contribution is 5.97. The van der Waals surface area contributed by atoms with E-state index in [1.54, 1.807) is 7.11 Å². The molecule has 0 aliphatic carbocycles. The Hall–Kier alpha value is -2.09. The highest BCUT2D eigenvalue weighted by Crippen LogP contribution is 2.23. The number of methoxy groups -OCH3 is 1. The second-order valence-corrected chi connectivity index (χ2v) is 4.82. The number of ketones is 1. The first-order valence-corrected chi connectivity index (χ1v) is 6.40. The number of rotatable bonds is 4. The van der Waals surface area contributed by atoms with Crippen molar-refractivity contribution in [1.29, 1.82) is 0 Å². The summed E-state index contributed by atoms with van der Waals surface area (Å²) in [6.45, 7) is 3.83. The molecular formula is C17H18O2. The Morgan fingerprint density at radius 1 is 0.895 bits per heavy atom. The van der Waals surface area contributed by atoms with Gasteiger partial charge in [0.1, 0.15) is 5.75 Å². The van der Waals surface area contributed by atoms with Gasteiger partial charge < -0.3 is 4.74 Å². The molecule has 0 spiro atoms. The Balaban J connectivity index is 2.24. The number of carbonyl (C=O) groups is 1. The first kappa shape index (κ1) is 13.3. The van der Waals surface area contributed by atoms with Gasteiger partial charge in [-0.3, -0.25) is 4.79 Å². The number of hydrogen-bond acceptors (Lipinski definition) is 2.